The van der Waals surface area contributed by atoms with Gasteiger partial charge >= 0.3 is 0 Å². The average molecular weight is 333 g/mol. The van der Waals surface area contributed by atoms with E-state index in [1.54, 1.807) is 7.11 Å². The van der Waals surface area contributed by atoms with Crippen LogP contribution in [-0.4, -0.2) is 52.7 Å². The average Bonchev–Trinajstić information content (AvgIpc) is 3.04. The van der Waals surface area contributed by atoms with Crippen molar-refractivity contribution in [3.63, 3.8) is 0 Å². The second kappa shape index (κ2) is 5.60. The van der Waals surface area contributed by atoms with E-state index in [9.17, 15) is 8.42 Å². The summed E-state index contributed by atoms with van der Waals surface area (Å²) in [6.45, 7) is 4.01. The molecule has 21 heavy (non-hydrogen) atoms. The fraction of sp³-hybridized carbons (Fsp3) is 0.692. The third-order valence-corrected chi connectivity index (χ3v) is 7.11. The molecule has 0 N–H and O–H groups in total. The van der Waals surface area contributed by atoms with Crippen LogP contribution < -0.4 is 0 Å². The van der Waals surface area contributed by atoms with E-state index in [-0.39, 0.29) is 6.54 Å². The first-order valence-electron chi connectivity index (χ1n) is 6.87. The molecule has 6 nitrogen and oxygen atoms in total. The first-order valence-corrected chi connectivity index (χ1v) is 9.13. The molecule has 1 aromatic heterocycles. The van der Waals surface area contributed by atoms with E-state index in [1.807, 2.05) is 13.0 Å². The van der Waals surface area contributed by atoms with Crippen molar-refractivity contribution in [2.24, 2.45) is 0 Å². The van der Waals surface area contributed by atoms with Gasteiger partial charge in [-0.15, -0.1) is 11.3 Å². The van der Waals surface area contributed by atoms with E-state index < -0.39 is 15.8 Å². The molecule has 0 amide bonds. The second-order valence-corrected chi connectivity index (χ2v) is 8.58. The number of fused-ring (bicyclic) bond motifs is 2. The van der Waals surface area contributed by atoms with Crippen LogP contribution in [0.15, 0.2) is 10.3 Å². The van der Waals surface area contributed by atoms with Gasteiger partial charge in [0.05, 0.1) is 19.8 Å². The standard InChI is InChI=1S/C13H19NO5S2/c1-10-8-11-12(20-10)21(15,16)14(4-3-5-17-2)9-13(11)18-6-7-19-13/h8H,3-7,9H2,1-2H3. The van der Waals surface area contributed by atoms with E-state index in [0.29, 0.717) is 42.6 Å². The van der Waals surface area contributed by atoms with Crippen molar-refractivity contribution in [3.8, 4) is 0 Å². The molecule has 1 fully saturated rings. The minimum atomic E-state index is -3.47. The van der Waals surface area contributed by atoms with Crippen molar-refractivity contribution in [1.29, 1.82) is 0 Å². The third kappa shape index (κ3) is 2.54. The van der Waals surface area contributed by atoms with E-state index in [1.165, 1.54) is 15.6 Å². The van der Waals surface area contributed by atoms with Crippen LogP contribution in [0.3, 0.4) is 0 Å². The van der Waals surface area contributed by atoms with Gasteiger partial charge in [-0.25, -0.2) is 8.42 Å². The number of sulfonamides is 1. The molecule has 3 rings (SSSR count). The number of thiophene rings is 1. The Balaban J connectivity index is 1.99. The summed E-state index contributed by atoms with van der Waals surface area (Å²) >= 11 is 1.28. The lowest BCUT2D eigenvalue weighted by Crippen LogP contribution is -2.49. The highest BCUT2D eigenvalue weighted by molar-refractivity contribution is 7.91. The van der Waals surface area contributed by atoms with E-state index in [4.69, 9.17) is 14.2 Å². The molecule has 1 spiro atoms. The molecular weight excluding hydrogens is 314 g/mol. The molecule has 1 aromatic rings. The van der Waals surface area contributed by atoms with Crippen LogP contribution in [0, 0.1) is 6.92 Å². The number of nitrogens with zero attached hydrogens (tertiary/aromatic N) is 1. The highest BCUT2D eigenvalue weighted by Gasteiger charge is 2.51. The van der Waals surface area contributed by atoms with Crippen LogP contribution in [0.1, 0.15) is 16.9 Å². The van der Waals surface area contributed by atoms with Crippen molar-refractivity contribution >= 4 is 21.4 Å². The molecule has 2 aliphatic rings. The van der Waals surface area contributed by atoms with Crippen molar-refractivity contribution in [2.45, 2.75) is 23.3 Å². The SMILES string of the molecule is COCCCN1CC2(OCCO2)c2cc(C)sc2S1(=O)=O. The number of rotatable bonds is 4. The Morgan fingerprint density at radius 1 is 1.43 bits per heavy atom. The van der Waals surface area contributed by atoms with Gasteiger partial charge in [0.25, 0.3) is 10.0 Å². The third-order valence-electron chi connectivity index (χ3n) is 3.70. The summed E-state index contributed by atoms with van der Waals surface area (Å²) in [6, 6.07) is 1.87. The normalized spacial score (nSPS) is 23.5. The zero-order valence-corrected chi connectivity index (χ0v) is 13.8. The number of ether oxygens (including phenoxy) is 3. The van der Waals surface area contributed by atoms with Crippen LogP contribution in [0.4, 0.5) is 0 Å². The molecule has 0 unspecified atom stereocenters. The minimum absolute atomic E-state index is 0.211. The lowest BCUT2D eigenvalue weighted by atomic mass is 10.1. The molecular formula is C13H19NO5S2. The fourth-order valence-electron chi connectivity index (χ4n) is 2.76. The molecule has 0 saturated carbocycles. The Kier molecular flexibility index (Phi) is 4.10. The number of methoxy groups -OCH3 is 1. The zero-order chi connectivity index (χ0) is 15.1. The molecule has 0 radical (unpaired) electrons. The Bertz CT molecular complexity index is 619. The summed E-state index contributed by atoms with van der Waals surface area (Å²) in [6.07, 6.45) is 0.644. The van der Waals surface area contributed by atoms with Crippen molar-refractivity contribution in [3.05, 3.63) is 16.5 Å². The van der Waals surface area contributed by atoms with Gasteiger partial charge in [-0.05, 0) is 19.4 Å². The van der Waals surface area contributed by atoms with Gasteiger partial charge in [-0.1, -0.05) is 0 Å². The second-order valence-electron chi connectivity index (χ2n) is 5.19. The molecule has 0 aromatic carbocycles. The van der Waals surface area contributed by atoms with Gasteiger partial charge < -0.3 is 14.2 Å². The minimum Gasteiger partial charge on any atom is -0.385 e. The van der Waals surface area contributed by atoms with Crippen LogP contribution in [0.25, 0.3) is 0 Å². The maximum absolute atomic E-state index is 12.7. The maximum Gasteiger partial charge on any atom is 0.253 e. The van der Waals surface area contributed by atoms with Crippen LogP contribution in [0.2, 0.25) is 0 Å². The molecule has 118 valence electrons. The van der Waals surface area contributed by atoms with Gasteiger partial charge in [-0.2, -0.15) is 4.31 Å². The summed E-state index contributed by atoms with van der Waals surface area (Å²) in [4.78, 5) is 0.945. The van der Waals surface area contributed by atoms with E-state index >= 15 is 0 Å². The Labute approximate surface area is 128 Å². The Morgan fingerprint density at radius 2 is 2.14 bits per heavy atom. The van der Waals surface area contributed by atoms with Gasteiger partial charge in [0, 0.05) is 30.7 Å². The van der Waals surface area contributed by atoms with Crippen LogP contribution in [-0.2, 0) is 30.0 Å². The largest absolute Gasteiger partial charge is 0.385 e. The van der Waals surface area contributed by atoms with Crippen LogP contribution in [0.5, 0.6) is 0 Å². The molecule has 2 aliphatic heterocycles. The maximum atomic E-state index is 12.7. The predicted molar refractivity (Wildman–Crippen MR) is 77.9 cm³/mol. The quantitative estimate of drug-likeness (QED) is 0.777. The zero-order valence-electron chi connectivity index (χ0n) is 12.1. The fourth-order valence-corrected chi connectivity index (χ4v) is 6.12. The lowest BCUT2D eigenvalue weighted by Gasteiger charge is -2.37. The summed E-state index contributed by atoms with van der Waals surface area (Å²) in [5.74, 6) is -0.932. The molecule has 0 atom stereocenters. The summed E-state index contributed by atoms with van der Waals surface area (Å²) < 4.78 is 43.9. The monoisotopic (exact) mass is 333 g/mol. The van der Waals surface area contributed by atoms with E-state index in [2.05, 4.69) is 0 Å². The topological polar surface area (TPSA) is 65.1 Å². The van der Waals surface area contributed by atoms with Gasteiger partial charge in [0.2, 0.25) is 5.79 Å². The molecule has 1 saturated heterocycles. The van der Waals surface area contributed by atoms with Gasteiger partial charge in [0.1, 0.15) is 4.21 Å². The first kappa shape index (κ1) is 15.4. The van der Waals surface area contributed by atoms with E-state index in [0.717, 1.165) is 4.88 Å². The molecule has 3 heterocycles. The Hall–Kier alpha value is -0.510. The first-order chi connectivity index (χ1) is 9.99. The highest BCUT2D eigenvalue weighted by Crippen LogP contribution is 2.45. The number of aryl methyl sites for hydroxylation is 1. The van der Waals surface area contributed by atoms with Crippen molar-refractivity contribution in [1.82, 2.24) is 4.31 Å². The summed E-state index contributed by atoms with van der Waals surface area (Å²) in [5, 5.41) is 0. The summed E-state index contributed by atoms with van der Waals surface area (Å²) in [7, 11) is -1.86. The van der Waals surface area contributed by atoms with Crippen molar-refractivity contribution in [2.75, 3.05) is 40.0 Å². The summed E-state index contributed by atoms with van der Waals surface area (Å²) in [5.41, 5.74) is 0.658. The highest BCUT2D eigenvalue weighted by atomic mass is 32.2. The van der Waals surface area contributed by atoms with Gasteiger partial charge in [0.15, 0.2) is 0 Å². The van der Waals surface area contributed by atoms with Crippen molar-refractivity contribution < 1.29 is 22.6 Å². The molecule has 8 heteroatoms. The lowest BCUT2D eigenvalue weighted by molar-refractivity contribution is -0.175. The molecule has 0 aliphatic carbocycles. The number of hydrogen-bond acceptors (Lipinski definition) is 6. The Morgan fingerprint density at radius 3 is 2.81 bits per heavy atom. The number of hydrogen-bond donors (Lipinski definition) is 0. The predicted octanol–water partition coefficient (Wildman–Crippen LogP) is 1.30. The smallest absolute Gasteiger partial charge is 0.253 e. The van der Waals surface area contributed by atoms with Gasteiger partial charge in [-0.3, -0.25) is 0 Å². The molecule has 0 bridgehead atoms. The van der Waals surface area contributed by atoms with Crippen LogP contribution >= 0.6 is 11.3 Å².